The van der Waals surface area contributed by atoms with E-state index in [2.05, 4.69) is 4.98 Å². The predicted octanol–water partition coefficient (Wildman–Crippen LogP) is 1.61. The van der Waals surface area contributed by atoms with Crippen LogP contribution in [0.25, 0.3) is 0 Å². The first kappa shape index (κ1) is 14.5. The van der Waals surface area contributed by atoms with Crippen LogP contribution in [0.15, 0.2) is 30.6 Å². The fourth-order valence-electron chi connectivity index (χ4n) is 1.91. The monoisotopic (exact) mass is 291 g/mol. The molecule has 1 aromatic heterocycles. The van der Waals surface area contributed by atoms with Gasteiger partial charge in [0.2, 0.25) is 0 Å². The Bertz CT molecular complexity index is 680. The van der Waals surface area contributed by atoms with Gasteiger partial charge in [0.25, 0.3) is 0 Å². The van der Waals surface area contributed by atoms with E-state index in [1.165, 1.54) is 17.0 Å². The molecule has 0 amide bonds. The fourth-order valence-corrected chi connectivity index (χ4v) is 1.91. The van der Waals surface area contributed by atoms with E-state index in [1.807, 2.05) is 0 Å². The van der Waals surface area contributed by atoms with Gasteiger partial charge in [-0.2, -0.15) is 0 Å². The third kappa shape index (κ3) is 3.35. The fraction of sp³-hybridized carbons (Fsp3) is 0.231. The van der Waals surface area contributed by atoms with Gasteiger partial charge in [0.15, 0.2) is 6.61 Å². The molecule has 110 valence electrons. The van der Waals surface area contributed by atoms with Crippen molar-refractivity contribution >= 4 is 11.9 Å². The average molecular weight is 291 g/mol. The molecule has 0 atom stereocenters. The van der Waals surface area contributed by atoms with Crippen molar-refractivity contribution in [1.29, 1.82) is 0 Å². The third-order valence-electron chi connectivity index (χ3n) is 2.94. The summed E-state index contributed by atoms with van der Waals surface area (Å²) in [4.78, 5) is 24.5. The first-order chi connectivity index (χ1) is 9.99. The third-order valence-corrected chi connectivity index (χ3v) is 2.94. The minimum atomic E-state index is -1.06. The lowest BCUT2D eigenvalue weighted by molar-refractivity contribution is -0.396. The summed E-state index contributed by atoms with van der Waals surface area (Å²) in [5.74, 6) is -0.867. The van der Waals surface area contributed by atoms with E-state index in [0.29, 0.717) is 5.75 Å². The van der Waals surface area contributed by atoms with E-state index in [9.17, 15) is 14.9 Å². The minimum absolute atomic E-state index is 0.244. The summed E-state index contributed by atoms with van der Waals surface area (Å²) in [5.41, 5.74) is 1.53. The molecule has 0 fully saturated rings. The van der Waals surface area contributed by atoms with E-state index in [4.69, 9.17) is 9.84 Å². The van der Waals surface area contributed by atoms with Crippen molar-refractivity contribution in [2.45, 2.75) is 13.5 Å². The molecule has 0 saturated heterocycles. The Balaban J connectivity index is 2.24. The quantitative estimate of drug-likeness (QED) is 0.640. The van der Waals surface area contributed by atoms with Gasteiger partial charge in [-0.25, -0.2) is 9.36 Å². The summed E-state index contributed by atoms with van der Waals surface area (Å²) in [6, 6.07) is 5.17. The SMILES string of the molecule is Cc1c(Cn2ccnc2[N+](=O)[O-])cccc1OCC(=O)O. The number of imidazole rings is 1. The summed E-state index contributed by atoms with van der Waals surface area (Å²) >= 11 is 0. The smallest absolute Gasteiger partial charge is 0.434 e. The van der Waals surface area contributed by atoms with Crippen LogP contribution in [-0.4, -0.2) is 32.2 Å². The molecule has 1 aromatic carbocycles. The number of aliphatic carboxylic acids is 1. The average Bonchev–Trinajstić information content (AvgIpc) is 2.88. The zero-order valence-corrected chi connectivity index (χ0v) is 11.2. The lowest BCUT2D eigenvalue weighted by atomic mass is 10.1. The molecule has 8 heteroatoms. The molecule has 0 aliphatic carbocycles. The Morgan fingerprint density at radius 3 is 2.95 bits per heavy atom. The number of aromatic nitrogens is 2. The standard InChI is InChI=1S/C13H13N3O5/c1-9-10(3-2-4-11(9)21-8-12(17)18)7-15-6-5-14-13(15)16(19)20/h2-6H,7-8H2,1H3,(H,17,18). The zero-order valence-electron chi connectivity index (χ0n) is 11.2. The topological polar surface area (TPSA) is 107 Å². The molecule has 0 bridgehead atoms. The second-order valence-corrected chi connectivity index (χ2v) is 4.33. The number of carboxylic acid groups (broad SMARTS) is 1. The number of hydrogen-bond acceptors (Lipinski definition) is 5. The molecule has 0 aliphatic heterocycles. The number of nitrogens with zero attached hydrogens (tertiary/aromatic N) is 3. The minimum Gasteiger partial charge on any atom is -0.482 e. The highest BCUT2D eigenvalue weighted by molar-refractivity contribution is 5.68. The molecule has 0 radical (unpaired) electrons. The van der Waals surface area contributed by atoms with Crippen LogP contribution >= 0.6 is 0 Å². The second-order valence-electron chi connectivity index (χ2n) is 4.33. The highest BCUT2D eigenvalue weighted by Crippen LogP contribution is 2.23. The molecule has 1 heterocycles. The van der Waals surface area contributed by atoms with Gasteiger partial charge < -0.3 is 20.0 Å². The molecule has 0 spiro atoms. The first-order valence-corrected chi connectivity index (χ1v) is 6.07. The van der Waals surface area contributed by atoms with Gasteiger partial charge >= 0.3 is 11.9 Å². The van der Waals surface area contributed by atoms with Gasteiger partial charge in [-0.15, -0.1) is 0 Å². The molecule has 0 saturated carbocycles. The van der Waals surface area contributed by atoms with E-state index in [0.717, 1.165) is 11.1 Å². The summed E-state index contributed by atoms with van der Waals surface area (Å²) in [6.45, 7) is 1.59. The Labute approximate surface area is 119 Å². The van der Waals surface area contributed by atoms with E-state index in [1.54, 1.807) is 25.1 Å². The molecule has 8 nitrogen and oxygen atoms in total. The van der Waals surface area contributed by atoms with Crippen LogP contribution in [0.1, 0.15) is 11.1 Å². The molecule has 0 aliphatic rings. The molecule has 1 N–H and O–H groups in total. The summed E-state index contributed by atoms with van der Waals surface area (Å²) in [5, 5.41) is 19.5. The number of carbonyl (C=O) groups is 1. The zero-order chi connectivity index (χ0) is 15.4. The number of hydrogen-bond donors (Lipinski definition) is 1. The molecule has 2 aromatic rings. The van der Waals surface area contributed by atoms with Gasteiger partial charge in [0.1, 0.15) is 18.1 Å². The Morgan fingerprint density at radius 1 is 1.52 bits per heavy atom. The largest absolute Gasteiger partial charge is 0.482 e. The number of rotatable bonds is 6. The van der Waals surface area contributed by atoms with Crippen LogP contribution in [0.3, 0.4) is 0 Å². The number of carboxylic acids is 1. The number of benzene rings is 1. The maximum atomic E-state index is 10.8. The predicted molar refractivity (Wildman–Crippen MR) is 72.3 cm³/mol. The van der Waals surface area contributed by atoms with Crippen molar-refractivity contribution in [3.05, 3.63) is 51.8 Å². The molecular formula is C13H13N3O5. The van der Waals surface area contributed by atoms with Crippen LogP contribution in [-0.2, 0) is 11.3 Å². The summed E-state index contributed by atoms with van der Waals surface area (Å²) in [7, 11) is 0. The lowest BCUT2D eigenvalue weighted by Crippen LogP contribution is -2.11. The number of ether oxygens (including phenoxy) is 1. The van der Waals surface area contributed by atoms with Crippen LogP contribution < -0.4 is 4.74 Å². The maximum Gasteiger partial charge on any atom is 0.434 e. The molecule has 21 heavy (non-hydrogen) atoms. The van der Waals surface area contributed by atoms with Crippen molar-refractivity contribution in [3.8, 4) is 5.75 Å². The van der Waals surface area contributed by atoms with Gasteiger partial charge in [-0.1, -0.05) is 17.1 Å². The highest BCUT2D eigenvalue weighted by atomic mass is 16.6. The van der Waals surface area contributed by atoms with Crippen molar-refractivity contribution in [2.24, 2.45) is 0 Å². The second kappa shape index (κ2) is 6.04. The lowest BCUT2D eigenvalue weighted by Gasteiger charge is -2.11. The number of nitro groups is 1. The Morgan fingerprint density at radius 2 is 2.29 bits per heavy atom. The van der Waals surface area contributed by atoms with Crippen LogP contribution in [0, 0.1) is 17.0 Å². The van der Waals surface area contributed by atoms with Gasteiger partial charge in [0.05, 0.1) is 6.54 Å². The maximum absolute atomic E-state index is 10.8. The Kier molecular flexibility index (Phi) is 4.17. The van der Waals surface area contributed by atoms with Gasteiger partial charge in [-0.3, -0.25) is 0 Å². The van der Waals surface area contributed by atoms with Crippen molar-refractivity contribution in [2.75, 3.05) is 6.61 Å². The van der Waals surface area contributed by atoms with Gasteiger partial charge in [0, 0.05) is 0 Å². The molecule has 2 rings (SSSR count). The Hall–Kier alpha value is -2.90. The molecular weight excluding hydrogens is 278 g/mol. The summed E-state index contributed by atoms with van der Waals surface area (Å²) < 4.78 is 6.58. The van der Waals surface area contributed by atoms with Crippen molar-refractivity contribution in [3.63, 3.8) is 0 Å². The first-order valence-electron chi connectivity index (χ1n) is 6.07. The van der Waals surface area contributed by atoms with E-state index >= 15 is 0 Å². The van der Waals surface area contributed by atoms with E-state index < -0.39 is 17.5 Å². The normalized spacial score (nSPS) is 10.3. The van der Waals surface area contributed by atoms with Gasteiger partial charge in [-0.05, 0) is 29.0 Å². The van der Waals surface area contributed by atoms with Crippen molar-refractivity contribution < 1.29 is 19.6 Å². The highest BCUT2D eigenvalue weighted by Gasteiger charge is 2.16. The summed E-state index contributed by atoms with van der Waals surface area (Å²) in [6.07, 6.45) is 2.88. The van der Waals surface area contributed by atoms with Crippen LogP contribution in [0.5, 0.6) is 5.75 Å². The van der Waals surface area contributed by atoms with Crippen LogP contribution in [0.2, 0.25) is 0 Å². The molecule has 0 unspecified atom stereocenters. The van der Waals surface area contributed by atoms with Crippen molar-refractivity contribution in [1.82, 2.24) is 9.55 Å². The van der Waals surface area contributed by atoms with Crippen LogP contribution in [0.4, 0.5) is 5.95 Å². The van der Waals surface area contributed by atoms with E-state index in [-0.39, 0.29) is 12.5 Å².